The van der Waals surface area contributed by atoms with Gasteiger partial charge in [-0.1, -0.05) is 19.1 Å². The van der Waals surface area contributed by atoms with E-state index in [2.05, 4.69) is 15.8 Å². The van der Waals surface area contributed by atoms with Gasteiger partial charge in [0.05, 0.1) is 6.21 Å². The number of nitrogens with zero attached hydrogens (tertiary/aromatic N) is 1. The minimum absolute atomic E-state index is 0.0744. The largest absolute Gasteiger partial charge is 0.489 e. The standard InChI is InChI=1S/C20H22FN3O3/c1-3-14(2)23-19(25)20(26)24-22-12-15-6-10-18(11-7-15)27-13-16-4-8-17(21)9-5-16/h4-12,14H,3,13H2,1-2H3,(H,23,25)(H,24,26)/b22-12-/t14-/m1/s1. The summed E-state index contributed by atoms with van der Waals surface area (Å²) in [5, 5.41) is 6.32. The van der Waals surface area contributed by atoms with Gasteiger partial charge >= 0.3 is 11.8 Å². The average Bonchev–Trinajstić information content (AvgIpc) is 2.68. The molecule has 27 heavy (non-hydrogen) atoms. The molecule has 0 aliphatic rings. The molecule has 0 heterocycles. The molecule has 2 aromatic rings. The van der Waals surface area contributed by atoms with Crippen molar-refractivity contribution in [3.63, 3.8) is 0 Å². The molecule has 0 aliphatic carbocycles. The van der Waals surface area contributed by atoms with E-state index in [-0.39, 0.29) is 11.9 Å². The second-order valence-corrected chi connectivity index (χ2v) is 5.97. The fraction of sp³-hybridized carbons (Fsp3) is 0.250. The van der Waals surface area contributed by atoms with Crippen LogP contribution in [-0.4, -0.2) is 24.1 Å². The van der Waals surface area contributed by atoms with E-state index in [9.17, 15) is 14.0 Å². The van der Waals surface area contributed by atoms with Gasteiger partial charge in [0, 0.05) is 6.04 Å². The molecular formula is C20H22FN3O3. The number of hydrazone groups is 1. The van der Waals surface area contributed by atoms with Crippen LogP contribution < -0.4 is 15.5 Å². The van der Waals surface area contributed by atoms with Gasteiger partial charge in [-0.2, -0.15) is 5.10 Å². The second kappa shape index (κ2) is 10.1. The number of hydrogen-bond acceptors (Lipinski definition) is 4. The summed E-state index contributed by atoms with van der Waals surface area (Å²) in [6, 6.07) is 13.0. The van der Waals surface area contributed by atoms with Crippen LogP contribution in [0.25, 0.3) is 0 Å². The first kappa shape index (κ1) is 20.1. The Bertz CT molecular complexity index is 789. The predicted molar refractivity (Wildman–Crippen MR) is 101 cm³/mol. The minimum Gasteiger partial charge on any atom is -0.489 e. The van der Waals surface area contributed by atoms with Crippen molar-refractivity contribution in [1.29, 1.82) is 0 Å². The Labute approximate surface area is 157 Å². The van der Waals surface area contributed by atoms with Gasteiger partial charge in [-0.3, -0.25) is 9.59 Å². The molecule has 0 unspecified atom stereocenters. The maximum absolute atomic E-state index is 12.9. The molecule has 0 aliphatic heterocycles. The molecule has 2 aromatic carbocycles. The Hall–Kier alpha value is -3.22. The summed E-state index contributed by atoms with van der Waals surface area (Å²) >= 11 is 0. The number of halogens is 1. The third-order valence-corrected chi connectivity index (χ3v) is 3.77. The van der Waals surface area contributed by atoms with E-state index in [0.717, 1.165) is 17.5 Å². The summed E-state index contributed by atoms with van der Waals surface area (Å²) in [5.74, 6) is -1.17. The first-order valence-electron chi connectivity index (χ1n) is 8.59. The zero-order chi connectivity index (χ0) is 19.6. The summed E-state index contributed by atoms with van der Waals surface area (Å²) in [7, 11) is 0. The molecule has 1 atom stereocenters. The van der Waals surface area contributed by atoms with Crippen LogP contribution in [-0.2, 0) is 16.2 Å². The number of carbonyl (C=O) groups is 2. The van der Waals surface area contributed by atoms with Gasteiger partial charge in [-0.05, 0) is 60.9 Å². The molecular weight excluding hydrogens is 349 g/mol. The Morgan fingerprint density at radius 1 is 1.11 bits per heavy atom. The van der Waals surface area contributed by atoms with Crippen LogP contribution in [0.3, 0.4) is 0 Å². The maximum atomic E-state index is 12.9. The lowest BCUT2D eigenvalue weighted by atomic mass is 10.2. The molecule has 0 bridgehead atoms. The van der Waals surface area contributed by atoms with Crippen LogP contribution in [0.5, 0.6) is 5.75 Å². The van der Waals surface area contributed by atoms with Crippen LogP contribution >= 0.6 is 0 Å². The van der Waals surface area contributed by atoms with Gasteiger partial charge in [0.25, 0.3) is 0 Å². The fourth-order valence-corrected chi connectivity index (χ4v) is 2.01. The van der Waals surface area contributed by atoms with E-state index in [1.54, 1.807) is 36.4 Å². The highest BCUT2D eigenvalue weighted by molar-refractivity contribution is 6.35. The molecule has 0 radical (unpaired) electrons. The summed E-state index contributed by atoms with van der Waals surface area (Å²) < 4.78 is 18.5. The topological polar surface area (TPSA) is 79.8 Å². The van der Waals surface area contributed by atoms with Gasteiger partial charge in [0.1, 0.15) is 18.2 Å². The first-order chi connectivity index (χ1) is 13.0. The highest BCUT2D eigenvalue weighted by atomic mass is 19.1. The predicted octanol–water partition coefficient (Wildman–Crippen LogP) is 2.77. The Kier molecular flexibility index (Phi) is 7.49. The van der Waals surface area contributed by atoms with Gasteiger partial charge in [-0.15, -0.1) is 0 Å². The SMILES string of the molecule is CC[C@@H](C)NC(=O)C(=O)N/N=C\c1ccc(OCc2ccc(F)cc2)cc1. The van der Waals surface area contributed by atoms with Gasteiger partial charge in [-0.25, -0.2) is 9.82 Å². The molecule has 2 amide bonds. The van der Waals surface area contributed by atoms with Crippen molar-refractivity contribution in [3.05, 3.63) is 65.5 Å². The van der Waals surface area contributed by atoms with Gasteiger partial charge < -0.3 is 10.1 Å². The normalized spacial score (nSPS) is 11.8. The van der Waals surface area contributed by atoms with Crippen molar-refractivity contribution in [1.82, 2.24) is 10.7 Å². The maximum Gasteiger partial charge on any atom is 0.329 e. The average molecular weight is 371 g/mol. The number of nitrogens with one attached hydrogen (secondary N) is 2. The van der Waals surface area contributed by atoms with Crippen molar-refractivity contribution >= 4 is 18.0 Å². The van der Waals surface area contributed by atoms with E-state index in [0.29, 0.717) is 12.4 Å². The molecule has 0 spiro atoms. The lowest BCUT2D eigenvalue weighted by Crippen LogP contribution is -2.41. The van der Waals surface area contributed by atoms with Gasteiger partial charge in [0.2, 0.25) is 0 Å². The monoisotopic (exact) mass is 371 g/mol. The highest BCUT2D eigenvalue weighted by Crippen LogP contribution is 2.13. The molecule has 0 fully saturated rings. The third-order valence-electron chi connectivity index (χ3n) is 3.77. The van der Waals surface area contributed by atoms with Crippen LogP contribution in [0.2, 0.25) is 0 Å². The summed E-state index contributed by atoms with van der Waals surface area (Å²) in [6.07, 6.45) is 2.16. The van der Waals surface area contributed by atoms with E-state index in [1.165, 1.54) is 18.3 Å². The Balaban J connectivity index is 1.80. The quantitative estimate of drug-likeness (QED) is 0.446. The first-order valence-corrected chi connectivity index (χ1v) is 8.59. The molecule has 2 N–H and O–H groups in total. The fourth-order valence-electron chi connectivity index (χ4n) is 2.01. The summed E-state index contributed by atoms with van der Waals surface area (Å²) in [5.41, 5.74) is 3.77. The molecule has 7 heteroatoms. The Morgan fingerprint density at radius 3 is 2.41 bits per heavy atom. The lowest BCUT2D eigenvalue weighted by molar-refractivity contribution is -0.139. The van der Waals surface area contributed by atoms with Crippen molar-refractivity contribution in [2.75, 3.05) is 0 Å². The Morgan fingerprint density at radius 2 is 1.78 bits per heavy atom. The number of ether oxygens (including phenoxy) is 1. The number of benzene rings is 2. The van der Waals surface area contributed by atoms with Crippen molar-refractivity contribution < 1.29 is 18.7 Å². The number of carbonyl (C=O) groups excluding carboxylic acids is 2. The van der Waals surface area contributed by atoms with Crippen molar-refractivity contribution in [2.45, 2.75) is 32.9 Å². The lowest BCUT2D eigenvalue weighted by Gasteiger charge is -2.09. The van der Waals surface area contributed by atoms with Crippen molar-refractivity contribution in [3.8, 4) is 5.75 Å². The van der Waals surface area contributed by atoms with Crippen LogP contribution in [0.4, 0.5) is 4.39 Å². The molecule has 0 saturated carbocycles. The van der Waals surface area contributed by atoms with Crippen LogP contribution in [0.1, 0.15) is 31.4 Å². The zero-order valence-corrected chi connectivity index (χ0v) is 15.2. The molecule has 0 aromatic heterocycles. The number of rotatable bonds is 7. The van der Waals surface area contributed by atoms with Crippen molar-refractivity contribution in [2.24, 2.45) is 5.10 Å². The molecule has 0 saturated heterocycles. The summed E-state index contributed by atoms with van der Waals surface area (Å²) in [4.78, 5) is 23.2. The molecule has 2 rings (SSSR count). The van der Waals surface area contributed by atoms with E-state index in [1.807, 2.05) is 13.8 Å². The molecule has 142 valence electrons. The minimum atomic E-state index is -0.814. The summed E-state index contributed by atoms with van der Waals surface area (Å²) in [6.45, 7) is 4.05. The van der Waals surface area contributed by atoms with E-state index < -0.39 is 11.8 Å². The smallest absolute Gasteiger partial charge is 0.329 e. The highest BCUT2D eigenvalue weighted by Gasteiger charge is 2.14. The van der Waals surface area contributed by atoms with E-state index >= 15 is 0 Å². The number of hydrogen-bond donors (Lipinski definition) is 2. The number of amides is 2. The third kappa shape index (κ3) is 6.89. The molecule has 6 nitrogen and oxygen atoms in total. The van der Waals surface area contributed by atoms with Crippen LogP contribution in [0.15, 0.2) is 53.6 Å². The zero-order valence-electron chi connectivity index (χ0n) is 15.2. The second-order valence-electron chi connectivity index (χ2n) is 5.97. The van der Waals surface area contributed by atoms with Gasteiger partial charge in [0.15, 0.2) is 0 Å². The van der Waals surface area contributed by atoms with Crippen LogP contribution in [0, 0.1) is 5.82 Å². The van der Waals surface area contributed by atoms with E-state index in [4.69, 9.17) is 4.74 Å².